The van der Waals surface area contributed by atoms with Crippen LogP contribution in [0.5, 0.6) is 0 Å². The molecule has 1 aromatic rings. The Bertz CT molecular complexity index is 647. The normalized spacial score (nSPS) is 10.7. The van der Waals surface area contributed by atoms with Crippen LogP contribution in [0.25, 0.3) is 6.08 Å². The predicted octanol–water partition coefficient (Wildman–Crippen LogP) is 1.79. The third-order valence-electron chi connectivity index (χ3n) is 2.60. The number of carbonyl (C=O) groups is 3. The monoisotopic (exact) mass is 400 g/mol. The molecule has 0 aromatic heterocycles. The van der Waals surface area contributed by atoms with Gasteiger partial charge in [0.2, 0.25) is 5.91 Å². The number of ether oxygens (including phenoxy) is 1. The standard InChI is InChI=1S/C16H18BrFN2O4/c1-10(2)20-14(21)8-19-15(22)9-24-16(23)6-3-11-7-12(17)4-5-13(11)18/h3-7,10H,8-9H2,1-2H3,(H,19,22)(H,20,21)/b6-3+. The zero-order valence-electron chi connectivity index (χ0n) is 13.3. The molecule has 2 amide bonds. The summed E-state index contributed by atoms with van der Waals surface area (Å²) in [6, 6.07) is 4.25. The SMILES string of the molecule is CC(C)NC(=O)CNC(=O)COC(=O)/C=C/c1cc(Br)ccc1F. The summed E-state index contributed by atoms with van der Waals surface area (Å²) in [6.45, 7) is 2.86. The van der Waals surface area contributed by atoms with Gasteiger partial charge in [-0.15, -0.1) is 0 Å². The van der Waals surface area contributed by atoms with Gasteiger partial charge in [-0.3, -0.25) is 9.59 Å². The van der Waals surface area contributed by atoms with Crippen LogP contribution in [0.3, 0.4) is 0 Å². The summed E-state index contributed by atoms with van der Waals surface area (Å²) in [6.07, 6.45) is 2.26. The first kappa shape index (κ1) is 19.8. The van der Waals surface area contributed by atoms with E-state index in [-0.39, 0.29) is 24.1 Å². The molecule has 0 bridgehead atoms. The molecule has 0 saturated heterocycles. The molecule has 0 unspecified atom stereocenters. The minimum Gasteiger partial charge on any atom is -0.452 e. The Morgan fingerprint density at radius 3 is 2.67 bits per heavy atom. The van der Waals surface area contributed by atoms with Crippen molar-refractivity contribution in [3.8, 4) is 0 Å². The Labute approximate surface area is 147 Å². The Balaban J connectivity index is 2.38. The predicted molar refractivity (Wildman–Crippen MR) is 90.4 cm³/mol. The molecule has 0 aliphatic carbocycles. The van der Waals surface area contributed by atoms with Gasteiger partial charge in [0.05, 0.1) is 6.54 Å². The van der Waals surface area contributed by atoms with E-state index >= 15 is 0 Å². The summed E-state index contributed by atoms with van der Waals surface area (Å²) in [4.78, 5) is 34.3. The summed E-state index contributed by atoms with van der Waals surface area (Å²) in [5.41, 5.74) is 0.205. The Morgan fingerprint density at radius 1 is 1.29 bits per heavy atom. The van der Waals surface area contributed by atoms with Crippen molar-refractivity contribution >= 4 is 39.8 Å². The quantitative estimate of drug-likeness (QED) is 0.539. The topological polar surface area (TPSA) is 84.5 Å². The first-order chi connectivity index (χ1) is 11.3. The van der Waals surface area contributed by atoms with Crippen LogP contribution in [0.4, 0.5) is 4.39 Å². The lowest BCUT2D eigenvalue weighted by molar-refractivity contribution is -0.143. The highest BCUT2D eigenvalue weighted by atomic mass is 79.9. The number of rotatable bonds is 7. The summed E-state index contributed by atoms with van der Waals surface area (Å²) in [5.74, 6) is -2.23. The van der Waals surface area contributed by atoms with Crippen LogP contribution in [-0.4, -0.2) is 37.0 Å². The lowest BCUT2D eigenvalue weighted by atomic mass is 10.2. The molecule has 130 valence electrons. The maximum Gasteiger partial charge on any atom is 0.331 e. The van der Waals surface area contributed by atoms with E-state index in [1.54, 1.807) is 13.8 Å². The lowest BCUT2D eigenvalue weighted by Gasteiger charge is -2.09. The molecule has 6 nitrogen and oxygen atoms in total. The van der Waals surface area contributed by atoms with Gasteiger partial charge in [0.25, 0.3) is 5.91 Å². The fraction of sp³-hybridized carbons (Fsp3) is 0.312. The number of carbonyl (C=O) groups excluding carboxylic acids is 3. The van der Waals surface area contributed by atoms with Gasteiger partial charge in [-0.05, 0) is 38.1 Å². The molecule has 0 fully saturated rings. The van der Waals surface area contributed by atoms with Crippen molar-refractivity contribution in [3.63, 3.8) is 0 Å². The smallest absolute Gasteiger partial charge is 0.331 e. The van der Waals surface area contributed by atoms with Gasteiger partial charge >= 0.3 is 5.97 Å². The molecule has 1 aromatic carbocycles. The second-order valence-electron chi connectivity index (χ2n) is 5.11. The lowest BCUT2D eigenvalue weighted by Crippen LogP contribution is -2.41. The van der Waals surface area contributed by atoms with Crippen LogP contribution in [0, 0.1) is 5.82 Å². The average Bonchev–Trinajstić information content (AvgIpc) is 2.51. The van der Waals surface area contributed by atoms with Crippen LogP contribution in [0.1, 0.15) is 19.4 Å². The van der Waals surface area contributed by atoms with Gasteiger partial charge < -0.3 is 15.4 Å². The van der Waals surface area contributed by atoms with Crippen molar-refractivity contribution in [2.45, 2.75) is 19.9 Å². The highest BCUT2D eigenvalue weighted by Gasteiger charge is 2.08. The van der Waals surface area contributed by atoms with Gasteiger partial charge in [0.15, 0.2) is 6.61 Å². The summed E-state index contributed by atoms with van der Waals surface area (Å²) >= 11 is 3.19. The van der Waals surface area contributed by atoms with Crippen molar-refractivity contribution in [2.75, 3.05) is 13.2 Å². The first-order valence-corrected chi connectivity index (χ1v) is 7.93. The average molecular weight is 401 g/mol. The van der Waals surface area contributed by atoms with Gasteiger partial charge in [0.1, 0.15) is 5.82 Å². The van der Waals surface area contributed by atoms with Gasteiger partial charge in [-0.1, -0.05) is 15.9 Å². The molecule has 0 heterocycles. The molecule has 8 heteroatoms. The van der Waals surface area contributed by atoms with Crippen molar-refractivity contribution in [3.05, 3.63) is 40.1 Å². The van der Waals surface area contributed by atoms with Crippen molar-refractivity contribution in [2.24, 2.45) is 0 Å². The second kappa shape index (κ2) is 9.82. The number of hydrogen-bond acceptors (Lipinski definition) is 4. The highest BCUT2D eigenvalue weighted by molar-refractivity contribution is 9.10. The van der Waals surface area contributed by atoms with E-state index in [4.69, 9.17) is 4.74 Å². The summed E-state index contributed by atoms with van der Waals surface area (Å²) < 4.78 is 18.8. The molecular weight excluding hydrogens is 383 g/mol. The van der Waals surface area contributed by atoms with Crippen molar-refractivity contribution < 1.29 is 23.5 Å². The van der Waals surface area contributed by atoms with Crippen molar-refractivity contribution in [1.29, 1.82) is 0 Å². The van der Waals surface area contributed by atoms with E-state index in [9.17, 15) is 18.8 Å². The Kier molecular flexibility index (Phi) is 8.11. The maximum atomic E-state index is 13.5. The van der Waals surface area contributed by atoms with Crippen molar-refractivity contribution in [1.82, 2.24) is 10.6 Å². The molecule has 0 aliphatic rings. The fourth-order valence-corrected chi connectivity index (χ4v) is 1.97. The number of amides is 2. The van der Waals surface area contributed by atoms with E-state index in [1.165, 1.54) is 24.3 Å². The second-order valence-corrected chi connectivity index (χ2v) is 6.02. The number of nitrogens with one attached hydrogen (secondary N) is 2. The highest BCUT2D eigenvalue weighted by Crippen LogP contribution is 2.16. The van der Waals surface area contributed by atoms with Crippen LogP contribution in [0.15, 0.2) is 28.7 Å². The molecule has 24 heavy (non-hydrogen) atoms. The van der Waals surface area contributed by atoms with E-state index < -0.39 is 24.3 Å². The summed E-state index contributed by atoms with van der Waals surface area (Å²) in [7, 11) is 0. The minimum atomic E-state index is -0.795. The van der Waals surface area contributed by atoms with Crippen LogP contribution in [-0.2, 0) is 19.1 Å². The first-order valence-electron chi connectivity index (χ1n) is 7.14. The minimum absolute atomic E-state index is 0.0317. The molecule has 0 saturated carbocycles. The molecule has 0 spiro atoms. The van der Waals surface area contributed by atoms with Gasteiger partial charge in [0, 0.05) is 22.2 Å². The summed E-state index contributed by atoms with van der Waals surface area (Å²) in [5, 5.41) is 4.91. The van der Waals surface area contributed by atoms with E-state index in [0.717, 1.165) is 6.08 Å². The number of benzene rings is 1. The zero-order valence-corrected chi connectivity index (χ0v) is 14.9. The van der Waals surface area contributed by atoms with E-state index in [0.29, 0.717) is 4.47 Å². The Morgan fingerprint density at radius 2 is 2.00 bits per heavy atom. The van der Waals surface area contributed by atoms with Crippen LogP contribution >= 0.6 is 15.9 Å². The molecule has 0 radical (unpaired) electrons. The number of halogens is 2. The van der Waals surface area contributed by atoms with E-state index in [2.05, 4.69) is 26.6 Å². The Hall–Kier alpha value is -2.22. The van der Waals surface area contributed by atoms with Crippen LogP contribution in [0.2, 0.25) is 0 Å². The fourth-order valence-electron chi connectivity index (χ4n) is 1.59. The van der Waals surface area contributed by atoms with Gasteiger partial charge in [-0.25, -0.2) is 9.18 Å². The molecule has 0 atom stereocenters. The third kappa shape index (κ3) is 7.87. The molecule has 0 aliphatic heterocycles. The molecular formula is C16H18BrFN2O4. The van der Waals surface area contributed by atoms with Gasteiger partial charge in [-0.2, -0.15) is 0 Å². The molecule has 1 rings (SSSR count). The molecule has 2 N–H and O–H groups in total. The maximum absolute atomic E-state index is 13.5. The largest absolute Gasteiger partial charge is 0.452 e. The number of hydrogen-bond donors (Lipinski definition) is 2. The number of esters is 1. The van der Waals surface area contributed by atoms with E-state index in [1.807, 2.05) is 0 Å². The third-order valence-corrected chi connectivity index (χ3v) is 3.09. The zero-order chi connectivity index (χ0) is 18.1. The van der Waals surface area contributed by atoms with Crippen LogP contribution < -0.4 is 10.6 Å².